The van der Waals surface area contributed by atoms with Crippen molar-refractivity contribution in [3.05, 3.63) is 12.7 Å². The van der Waals surface area contributed by atoms with Crippen molar-refractivity contribution in [2.45, 2.75) is 12.8 Å². The molecule has 1 atom stereocenters. The van der Waals surface area contributed by atoms with E-state index in [0.717, 1.165) is 39.3 Å². The first kappa shape index (κ1) is 14.0. The maximum Gasteiger partial charge on any atom is 0.188 e. The number of hydrogen-bond donors (Lipinski definition) is 2. The lowest BCUT2D eigenvalue weighted by molar-refractivity contribution is 0.0893. The van der Waals surface area contributed by atoms with Gasteiger partial charge in [0.15, 0.2) is 5.96 Å². The Kier molecular flexibility index (Phi) is 7.42. The van der Waals surface area contributed by atoms with E-state index in [-0.39, 0.29) is 0 Å². The molecule has 0 bridgehead atoms. The maximum absolute atomic E-state index is 5.61. The van der Waals surface area contributed by atoms with Gasteiger partial charge in [-0.05, 0) is 12.8 Å². The molecule has 0 aliphatic carbocycles. The van der Waals surface area contributed by atoms with E-state index in [9.17, 15) is 0 Å². The Morgan fingerprint density at radius 3 is 3.24 bits per heavy atom. The molecule has 1 heterocycles. The highest BCUT2D eigenvalue weighted by molar-refractivity contribution is 5.77. The second-order valence-electron chi connectivity index (χ2n) is 4.09. The number of nitrogens with zero attached hydrogens (tertiary/aromatic N) is 1. The van der Waals surface area contributed by atoms with E-state index in [1.54, 1.807) is 6.08 Å². The topological polar surface area (TPSA) is 68.9 Å². The molecule has 0 saturated carbocycles. The minimum atomic E-state index is 0.467. The molecule has 0 aromatic carbocycles. The smallest absolute Gasteiger partial charge is 0.188 e. The quantitative estimate of drug-likeness (QED) is 0.281. The molecule has 3 N–H and O–H groups in total. The molecule has 1 unspecified atom stereocenters. The normalized spacial score (nSPS) is 20.5. The molecule has 5 nitrogen and oxygen atoms in total. The van der Waals surface area contributed by atoms with Crippen molar-refractivity contribution in [1.82, 2.24) is 5.32 Å². The number of nitrogens with two attached hydrogens (primary N) is 1. The van der Waals surface area contributed by atoms with Crippen LogP contribution in [0.4, 0.5) is 0 Å². The molecular weight excluding hydrogens is 218 g/mol. The molecular formula is C12H23N3O2. The minimum Gasteiger partial charge on any atom is -0.381 e. The molecule has 0 amide bonds. The summed E-state index contributed by atoms with van der Waals surface area (Å²) < 4.78 is 10.8. The third-order valence-electron chi connectivity index (χ3n) is 2.53. The Labute approximate surface area is 103 Å². The number of rotatable bonds is 8. The molecule has 1 rings (SSSR count). The van der Waals surface area contributed by atoms with Crippen molar-refractivity contribution in [2.24, 2.45) is 16.6 Å². The lowest BCUT2D eigenvalue weighted by Gasteiger charge is -2.07. The van der Waals surface area contributed by atoms with Gasteiger partial charge in [0.2, 0.25) is 0 Å². The van der Waals surface area contributed by atoms with Gasteiger partial charge in [0.25, 0.3) is 0 Å². The van der Waals surface area contributed by atoms with E-state index in [0.29, 0.717) is 25.0 Å². The van der Waals surface area contributed by atoms with Crippen molar-refractivity contribution >= 4 is 5.96 Å². The van der Waals surface area contributed by atoms with Gasteiger partial charge in [-0.3, -0.25) is 4.99 Å². The van der Waals surface area contributed by atoms with Crippen molar-refractivity contribution in [2.75, 3.05) is 39.5 Å². The Hall–Kier alpha value is -1.07. The van der Waals surface area contributed by atoms with Gasteiger partial charge in [-0.2, -0.15) is 0 Å². The summed E-state index contributed by atoms with van der Waals surface area (Å²) in [5, 5.41) is 2.92. The average molecular weight is 241 g/mol. The minimum absolute atomic E-state index is 0.467. The summed E-state index contributed by atoms with van der Waals surface area (Å²) in [5.74, 6) is 1.05. The molecule has 5 heteroatoms. The van der Waals surface area contributed by atoms with Crippen LogP contribution in [0.2, 0.25) is 0 Å². The van der Waals surface area contributed by atoms with Gasteiger partial charge in [-0.15, -0.1) is 6.58 Å². The van der Waals surface area contributed by atoms with E-state index in [1.807, 2.05) is 0 Å². The SMILES string of the molecule is C=CCNC(N)=NCCCOCC1CCOC1. The Morgan fingerprint density at radius 2 is 2.53 bits per heavy atom. The van der Waals surface area contributed by atoms with Crippen molar-refractivity contribution in [3.63, 3.8) is 0 Å². The first-order chi connectivity index (χ1) is 8.33. The fourth-order valence-corrected chi connectivity index (χ4v) is 1.56. The van der Waals surface area contributed by atoms with E-state index in [1.165, 1.54) is 0 Å². The van der Waals surface area contributed by atoms with Gasteiger partial charge < -0.3 is 20.5 Å². The predicted molar refractivity (Wildman–Crippen MR) is 69.1 cm³/mol. The molecule has 17 heavy (non-hydrogen) atoms. The monoisotopic (exact) mass is 241 g/mol. The van der Waals surface area contributed by atoms with Crippen LogP contribution in [-0.4, -0.2) is 45.5 Å². The average Bonchev–Trinajstić information content (AvgIpc) is 2.84. The zero-order valence-corrected chi connectivity index (χ0v) is 10.4. The standard InChI is InChI=1S/C12H23N3O2/c1-2-5-14-12(13)15-6-3-7-16-9-11-4-8-17-10-11/h2,11H,1,3-10H2,(H3,13,14,15). The van der Waals surface area contributed by atoms with Crippen LogP contribution in [0.15, 0.2) is 17.6 Å². The van der Waals surface area contributed by atoms with Crippen LogP contribution >= 0.6 is 0 Å². The van der Waals surface area contributed by atoms with Crippen molar-refractivity contribution in [1.29, 1.82) is 0 Å². The van der Waals surface area contributed by atoms with Crippen LogP contribution in [0.5, 0.6) is 0 Å². The first-order valence-electron chi connectivity index (χ1n) is 6.13. The molecule has 1 fully saturated rings. The third-order valence-corrected chi connectivity index (χ3v) is 2.53. The lowest BCUT2D eigenvalue weighted by Crippen LogP contribution is -2.31. The molecule has 0 radical (unpaired) electrons. The number of guanidine groups is 1. The fourth-order valence-electron chi connectivity index (χ4n) is 1.56. The van der Waals surface area contributed by atoms with Gasteiger partial charge in [0.05, 0.1) is 13.2 Å². The van der Waals surface area contributed by atoms with Gasteiger partial charge in [0.1, 0.15) is 0 Å². The van der Waals surface area contributed by atoms with E-state index in [2.05, 4.69) is 16.9 Å². The Morgan fingerprint density at radius 1 is 1.65 bits per heavy atom. The molecule has 98 valence electrons. The summed E-state index contributed by atoms with van der Waals surface area (Å²) in [5.41, 5.74) is 5.61. The highest BCUT2D eigenvalue weighted by Crippen LogP contribution is 2.12. The highest BCUT2D eigenvalue weighted by Gasteiger charge is 2.14. The highest BCUT2D eigenvalue weighted by atomic mass is 16.5. The molecule has 0 aromatic rings. The molecule has 0 spiro atoms. The summed E-state index contributed by atoms with van der Waals surface area (Å²) in [6.07, 6.45) is 3.76. The largest absolute Gasteiger partial charge is 0.381 e. The summed E-state index contributed by atoms with van der Waals surface area (Å²) >= 11 is 0. The van der Waals surface area contributed by atoms with Gasteiger partial charge in [-0.25, -0.2) is 0 Å². The molecule has 1 aliphatic heterocycles. The van der Waals surface area contributed by atoms with E-state index < -0.39 is 0 Å². The fraction of sp³-hybridized carbons (Fsp3) is 0.750. The van der Waals surface area contributed by atoms with E-state index >= 15 is 0 Å². The van der Waals surface area contributed by atoms with Crippen LogP contribution in [-0.2, 0) is 9.47 Å². The first-order valence-corrected chi connectivity index (χ1v) is 6.13. The number of nitrogens with one attached hydrogen (secondary N) is 1. The second kappa shape index (κ2) is 9.01. The number of aliphatic imine (C=N–C) groups is 1. The lowest BCUT2D eigenvalue weighted by atomic mass is 10.1. The van der Waals surface area contributed by atoms with Crippen LogP contribution < -0.4 is 11.1 Å². The second-order valence-corrected chi connectivity index (χ2v) is 4.09. The predicted octanol–water partition coefficient (Wildman–Crippen LogP) is 0.520. The van der Waals surface area contributed by atoms with Gasteiger partial charge in [-0.1, -0.05) is 6.08 Å². The molecule has 1 saturated heterocycles. The summed E-state index contributed by atoms with van der Waals surface area (Å²) in [6.45, 7) is 8.18. The summed E-state index contributed by atoms with van der Waals surface area (Å²) in [6, 6.07) is 0. The van der Waals surface area contributed by atoms with Crippen molar-refractivity contribution in [3.8, 4) is 0 Å². The van der Waals surface area contributed by atoms with Gasteiger partial charge >= 0.3 is 0 Å². The Balaban J connectivity index is 1.90. The molecule has 1 aliphatic rings. The van der Waals surface area contributed by atoms with Crippen molar-refractivity contribution < 1.29 is 9.47 Å². The summed E-state index contributed by atoms with van der Waals surface area (Å²) in [4.78, 5) is 4.16. The van der Waals surface area contributed by atoms with Crippen LogP contribution in [0.25, 0.3) is 0 Å². The number of ether oxygens (including phenoxy) is 2. The van der Waals surface area contributed by atoms with Gasteiger partial charge in [0, 0.05) is 32.2 Å². The summed E-state index contributed by atoms with van der Waals surface area (Å²) in [7, 11) is 0. The molecule has 0 aromatic heterocycles. The van der Waals surface area contributed by atoms with Crippen LogP contribution in [0, 0.1) is 5.92 Å². The zero-order chi connectivity index (χ0) is 12.3. The van der Waals surface area contributed by atoms with E-state index in [4.69, 9.17) is 15.2 Å². The third kappa shape index (κ3) is 6.97. The van der Waals surface area contributed by atoms with Crippen LogP contribution in [0.1, 0.15) is 12.8 Å². The Bertz CT molecular complexity index is 238. The number of hydrogen-bond acceptors (Lipinski definition) is 3. The maximum atomic E-state index is 5.61. The zero-order valence-electron chi connectivity index (χ0n) is 10.4. The van der Waals surface area contributed by atoms with Crippen LogP contribution in [0.3, 0.4) is 0 Å².